The fraction of sp³-hybridized carbons (Fsp3) is 0.440. The maximum Gasteiger partial charge on any atom is 0.313 e. The smallest absolute Gasteiger partial charge is 0.313 e. The highest BCUT2D eigenvalue weighted by atomic mass is 19.1. The van der Waals surface area contributed by atoms with Crippen molar-refractivity contribution in [1.29, 1.82) is 0 Å². The summed E-state index contributed by atoms with van der Waals surface area (Å²) in [6, 6.07) is 9.13. The summed E-state index contributed by atoms with van der Waals surface area (Å²) >= 11 is 0. The Balaban J connectivity index is 1.47. The summed E-state index contributed by atoms with van der Waals surface area (Å²) in [6.07, 6.45) is 2.12. The van der Waals surface area contributed by atoms with Crippen LogP contribution in [0.5, 0.6) is 0 Å². The number of amides is 2. The van der Waals surface area contributed by atoms with Gasteiger partial charge < -0.3 is 20.4 Å². The first-order chi connectivity index (χ1) is 16.3. The number of likely N-dealkylation sites (N-methyl/N-ethyl adjacent to an activating group) is 1. The van der Waals surface area contributed by atoms with Crippen LogP contribution in [0.2, 0.25) is 0 Å². The largest absolute Gasteiger partial charge is 0.374 e. The molecule has 1 fully saturated rings. The van der Waals surface area contributed by atoms with Crippen molar-refractivity contribution in [3.8, 4) is 0 Å². The fourth-order valence-electron chi connectivity index (χ4n) is 4.64. The van der Waals surface area contributed by atoms with Crippen molar-refractivity contribution in [2.45, 2.75) is 18.9 Å². The Morgan fingerprint density at radius 2 is 1.74 bits per heavy atom. The van der Waals surface area contributed by atoms with E-state index in [1.54, 1.807) is 0 Å². The zero-order chi connectivity index (χ0) is 24.2. The molecule has 0 unspecified atom stereocenters. The maximum atomic E-state index is 13.8. The van der Waals surface area contributed by atoms with E-state index in [9.17, 15) is 18.4 Å². The Morgan fingerprint density at radius 1 is 0.971 bits per heavy atom. The minimum Gasteiger partial charge on any atom is -0.374 e. The minimum atomic E-state index is -0.991. The molecule has 4 rings (SSSR count). The van der Waals surface area contributed by atoms with Crippen LogP contribution in [-0.2, 0) is 16.0 Å². The van der Waals surface area contributed by atoms with Gasteiger partial charge in [-0.15, -0.1) is 0 Å². The first-order valence-corrected chi connectivity index (χ1v) is 11.6. The normalized spacial score (nSPS) is 17.7. The summed E-state index contributed by atoms with van der Waals surface area (Å²) in [4.78, 5) is 31.7. The molecule has 9 heteroatoms. The van der Waals surface area contributed by atoms with Gasteiger partial charge in [0.05, 0.1) is 11.7 Å². The lowest BCUT2D eigenvalue weighted by molar-refractivity contribution is -0.136. The molecule has 2 aliphatic heterocycles. The van der Waals surface area contributed by atoms with E-state index >= 15 is 0 Å². The summed E-state index contributed by atoms with van der Waals surface area (Å²) in [5.41, 5.74) is 3.39. The molecule has 0 spiro atoms. The molecule has 2 aliphatic rings. The van der Waals surface area contributed by atoms with Crippen molar-refractivity contribution < 1.29 is 18.4 Å². The molecule has 0 aliphatic carbocycles. The molecular weight excluding hydrogens is 440 g/mol. The second-order valence-corrected chi connectivity index (χ2v) is 9.06. The minimum absolute atomic E-state index is 0.0921. The van der Waals surface area contributed by atoms with Crippen molar-refractivity contribution in [2.75, 3.05) is 63.6 Å². The molecule has 0 saturated carbocycles. The zero-order valence-electron chi connectivity index (χ0n) is 19.6. The molecule has 2 aromatic carbocycles. The van der Waals surface area contributed by atoms with Gasteiger partial charge in [-0.3, -0.25) is 14.5 Å². The molecule has 1 saturated heterocycles. The number of halogens is 2. The Hall–Kier alpha value is -3.04. The molecule has 2 N–H and O–H groups in total. The van der Waals surface area contributed by atoms with Crippen LogP contribution in [0.25, 0.3) is 0 Å². The number of fused-ring (bicyclic) bond motifs is 1. The van der Waals surface area contributed by atoms with Gasteiger partial charge in [-0.25, -0.2) is 8.78 Å². The first-order valence-electron chi connectivity index (χ1n) is 11.6. The molecule has 34 heavy (non-hydrogen) atoms. The van der Waals surface area contributed by atoms with Gasteiger partial charge in [-0.05, 0) is 49.2 Å². The van der Waals surface area contributed by atoms with Crippen molar-refractivity contribution in [3.05, 3.63) is 59.2 Å². The van der Waals surface area contributed by atoms with E-state index in [2.05, 4.69) is 57.6 Å². The van der Waals surface area contributed by atoms with Gasteiger partial charge in [-0.2, -0.15) is 0 Å². The summed E-state index contributed by atoms with van der Waals surface area (Å²) in [6.45, 7) is 4.82. The molecule has 1 atom stereocenters. The van der Waals surface area contributed by atoms with Crippen LogP contribution >= 0.6 is 0 Å². The Kier molecular flexibility index (Phi) is 7.43. The SMILES string of the molecule is CN1CCN([C@H](CNC(=O)C(=O)Nc2ccc(F)cc2F)c2ccc3c(c2)CCCN3C)CC1. The molecule has 7 nitrogen and oxygen atoms in total. The van der Waals surface area contributed by atoms with E-state index in [1.165, 1.54) is 11.3 Å². The van der Waals surface area contributed by atoms with Gasteiger partial charge in [0.25, 0.3) is 0 Å². The third kappa shape index (κ3) is 5.53. The van der Waals surface area contributed by atoms with Gasteiger partial charge in [0.1, 0.15) is 11.6 Å². The predicted molar refractivity (Wildman–Crippen MR) is 128 cm³/mol. The summed E-state index contributed by atoms with van der Waals surface area (Å²) in [5, 5.41) is 4.93. The Bertz CT molecular complexity index is 1060. The predicted octanol–water partition coefficient (Wildman–Crippen LogP) is 2.39. The van der Waals surface area contributed by atoms with E-state index in [1.807, 2.05) is 0 Å². The average molecular weight is 472 g/mol. The van der Waals surface area contributed by atoms with E-state index in [0.717, 1.165) is 63.3 Å². The van der Waals surface area contributed by atoms with Crippen molar-refractivity contribution in [2.24, 2.45) is 0 Å². The van der Waals surface area contributed by atoms with Crippen LogP contribution in [0.3, 0.4) is 0 Å². The summed E-state index contributed by atoms with van der Waals surface area (Å²) in [5.74, 6) is -3.54. The number of aryl methyl sites for hydroxylation is 1. The van der Waals surface area contributed by atoms with E-state index in [4.69, 9.17) is 0 Å². The number of piperazine rings is 1. The van der Waals surface area contributed by atoms with Crippen LogP contribution in [-0.4, -0.2) is 75.0 Å². The quantitative estimate of drug-likeness (QED) is 0.656. The Morgan fingerprint density at radius 3 is 2.47 bits per heavy atom. The third-order valence-corrected chi connectivity index (χ3v) is 6.66. The van der Waals surface area contributed by atoms with Gasteiger partial charge in [0, 0.05) is 58.1 Å². The monoisotopic (exact) mass is 471 g/mol. The van der Waals surface area contributed by atoms with E-state index in [0.29, 0.717) is 6.07 Å². The maximum absolute atomic E-state index is 13.8. The number of nitrogens with zero attached hydrogens (tertiary/aromatic N) is 3. The highest BCUT2D eigenvalue weighted by molar-refractivity contribution is 6.39. The lowest BCUT2D eigenvalue weighted by Gasteiger charge is -2.39. The standard InChI is InChI=1S/C25H31F2N5O2/c1-30-10-12-32(13-11-30)23(18-5-8-22-17(14-18)4-3-9-31(22)2)16-28-24(33)25(34)29-21-7-6-19(26)15-20(21)27/h5-8,14-15,23H,3-4,9-13,16H2,1-2H3,(H,28,33)(H,29,34)/t23-/m1/s1. The number of carbonyl (C=O) groups excluding carboxylic acids is 2. The number of rotatable bonds is 5. The molecule has 0 aromatic heterocycles. The van der Waals surface area contributed by atoms with Crippen LogP contribution in [0, 0.1) is 11.6 Å². The second-order valence-electron chi connectivity index (χ2n) is 9.06. The highest BCUT2D eigenvalue weighted by Crippen LogP contribution is 2.31. The molecule has 2 amide bonds. The lowest BCUT2D eigenvalue weighted by Crippen LogP contribution is -2.49. The Labute approximate surface area is 198 Å². The molecular formula is C25H31F2N5O2. The number of anilines is 2. The number of nitrogens with one attached hydrogen (secondary N) is 2. The van der Waals surface area contributed by atoms with Crippen LogP contribution in [0.15, 0.2) is 36.4 Å². The van der Waals surface area contributed by atoms with Crippen molar-refractivity contribution in [1.82, 2.24) is 15.1 Å². The molecule has 0 bridgehead atoms. The molecule has 182 valence electrons. The van der Waals surface area contributed by atoms with Crippen LogP contribution in [0.4, 0.5) is 20.2 Å². The van der Waals surface area contributed by atoms with Crippen molar-refractivity contribution in [3.63, 3.8) is 0 Å². The number of benzene rings is 2. The number of hydrogen-bond donors (Lipinski definition) is 2. The van der Waals surface area contributed by atoms with Gasteiger partial charge in [0.15, 0.2) is 0 Å². The summed E-state index contributed by atoms with van der Waals surface area (Å²) < 4.78 is 26.9. The first kappa shape index (κ1) is 24.1. The number of carbonyl (C=O) groups is 2. The van der Waals surface area contributed by atoms with Crippen LogP contribution < -0.4 is 15.5 Å². The zero-order valence-corrected chi connectivity index (χ0v) is 19.6. The fourth-order valence-corrected chi connectivity index (χ4v) is 4.64. The van der Waals surface area contributed by atoms with Crippen LogP contribution in [0.1, 0.15) is 23.6 Å². The number of hydrogen-bond acceptors (Lipinski definition) is 5. The van der Waals surface area contributed by atoms with Gasteiger partial charge in [-0.1, -0.05) is 12.1 Å². The van der Waals surface area contributed by atoms with Gasteiger partial charge >= 0.3 is 11.8 Å². The molecule has 0 radical (unpaired) electrons. The lowest BCUT2D eigenvalue weighted by atomic mass is 9.95. The van der Waals surface area contributed by atoms with Gasteiger partial charge in [0.2, 0.25) is 0 Å². The summed E-state index contributed by atoms with van der Waals surface area (Å²) in [7, 11) is 4.18. The molecule has 2 heterocycles. The van der Waals surface area contributed by atoms with E-state index < -0.39 is 23.4 Å². The van der Waals surface area contributed by atoms with E-state index in [-0.39, 0.29) is 18.3 Å². The third-order valence-electron chi connectivity index (χ3n) is 6.66. The average Bonchev–Trinajstić information content (AvgIpc) is 2.82. The van der Waals surface area contributed by atoms with Crippen molar-refractivity contribution >= 4 is 23.2 Å². The highest BCUT2D eigenvalue weighted by Gasteiger charge is 2.27. The second kappa shape index (κ2) is 10.5. The molecule has 2 aromatic rings. The topological polar surface area (TPSA) is 67.9 Å².